The Hall–Kier alpha value is -2.48. The molecule has 0 amide bonds. The molecule has 5 heteroatoms. The third-order valence-electron chi connectivity index (χ3n) is 6.09. The number of rotatable bonds is 8. The zero-order chi connectivity index (χ0) is 21.6. The molecule has 0 unspecified atom stereocenters. The van der Waals surface area contributed by atoms with Crippen LogP contribution in [0.5, 0.6) is 5.75 Å². The maximum Gasteiger partial charge on any atom is 0.426 e. The highest BCUT2D eigenvalue weighted by Gasteiger charge is 2.35. The Bertz CT molecular complexity index is 865. The van der Waals surface area contributed by atoms with E-state index in [1.54, 1.807) is 18.2 Å². The van der Waals surface area contributed by atoms with Crippen LogP contribution < -0.4 is 4.74 Å². The summed E-state index contributed by atoms with van der Waals surface area (Å²) in [5, 5.41) is 8.74. The highest BCUT2D eigenvalue weighted by molar-refractivity contribution is 5.37. The lowest BCUT2D eigenvalue weighted by Crippen LogP contribution is -2.22. The monoisotopic (exact) mass is 415 g/mol. The molecule has 1 aliphatic carbocycles. The predicted molar refractivity (Wildman–Crippen MR) is 111 cm³/mol. The Balaban J connectivity index is 1.59. The number of hydrogen-bond acceptors (Lipinski definition) is 2. The molecule has 30 heavy (non-hydrogen) atoms. The van der Waals surface area contributed by atoms with Crippen LogP contribution in [0.15, 0.2) is 42.5 Å². The Labute approximate surface area is 176 Å². The van der Waals surface area contributed by atoms with Gasteiger partial charge < -0.3 is 4.74 Å². The number of alkyl halides is 2. The molecule has 0 aromatic heterocycles. The SMILES string of the molecule is CCCCCC1CCC(c2ccc(C(F)(F)Oc3ccc(C#N)c(F)c3)cc2)CC1. The fraction of sp³-hybridized carbons (Fsp3) is 0.480. The fourth-order valence-corrected chi connectivity index (χ4v) is 4.27. The molecule has 2 nitrogen and oxygen atoms in total. The van der Waals surface area contributed by atoms with E-state index in [0.717, 1.165) is 36.5 Å². The van der Waals surface area contributed by atoms with Gasteiger partial charge in [0.2, 0.25) is 0 Å². The van der Waals surface area contributed by atoms with Crippen LogP contribution in [0.4, 0.5) is 13.2 Å². The van der Waals surface area contributed by atoms with Gasteiger partial charge in [0.1, 0.15) is 17.6 Å². The number of nitrogens with zero attached hydrogens (tertiary/aromatic N) is 1. The molecule has 0 N–H and O–H groups in total. The molecule has 0 saturated heterocycles. The summed E-state index contributed by atoms with van der Waals surface area (Å²) in [5.41, 5.74) is 0.602. The normalized spacial score (nSPS) is 19.3. The molecule has 0 atom stereocenters. The van der Waals surface area contributed by atoms with Crippen molar-refractivity contribution in [3.63, 3.8) is 0 Å². The molecule has 2 aromatic rings. The largest absolute Gasteiger partial charge is 0.429 e. The van der Waals surface area contributed by atoms with Crippen LogP contribution in [0.2, 0.25) is 0 Å². The van der Waals surface area contributed by atoms with Gasteiger partial charge in [-0.05, 0) is 67.3 Å². The first kappa shape index (κ1) is 22.2. The van der Waals surface area contributed by atoms with Gasteiger partial charge in [-0.15, -0.1) is 0 Å². The van der Waals surface area contributed by atoms with Crippen molar-refractivity contribution in [2.75, 3.05) is 0 Å². The first-order valence-corrected chi connectivity index (χ1v) is 10.8. The summed E-state index contributed by atoms with van der Waals surface area (Å²) in [5.74, 6) is 0.0229. The molecule has 2 aromatic carbocycles. The minimum Gasteiger partial charge on any atom is -0.429 e. The van der Waals surface area contributed by atoms with Gasteiger partial charge in [-0.3, -0.25) is 0 Å². The van der Waals surface area contributed by atoms with E-state index in [0.29, 0.717) is 5.92 Å². The smallest absolute Gasteiger partial charge is 0.426 e. The molecule has 1 fully saturated rings. The predicted octanol–water partition coefficient (Wildman–Crippen LogP) is 7.68. The number of halogens is 3. The second-order valence-corrected chi connectivity index (χ2v) is 8.21. The van der Waals surface area contributed by atoms with E-state index in [1.165, 1.54) is 56.7 Å². The van der Waals surface area contributed by atoms with Gasteiger partial charge in [0.15, 0.2) is 0 Å². The van der Waals surface area contributed by atoms with E-state index in [1.807, 2.05) is 0 Å². The molecular formula is C25H28F3NO. The van der Waals surface area contributed by atoms with E-state index < -0.39 is 11.9 Å². The van der Waals surface area contributed by atoms with Gasteiger partial charge >= 0.3 is 6.11 Å². The molecule has 0 spiro atoms. The molecule has 0 radical (unpaired) electrons. The average molecular weight is 415 g/mol. The molecule has 0 heterocycles. The van der Waals surface area contributed by atoms with Gasteiger partial charge in [-0.1, -0.05) is 44.7 Å². The van der Waals surface area contributed by atoms with Crippen LogP contribution in [-0.4, -0.2) is 0 Å². The number of benzene rings is 2. The second-order valence-electron chi connectivity index (χ2n) is 8.21. The lowest BCUT2D eigenvalue weighted by Gasteiger charge is -2.29. The van der Waals surface area contributed by atoms with Gasteiger partial charge in [0.25, 0.3) is 0 Å². The molecule has 0 aliphatic heterocycles. The summed E-state index contributed by atoms with van der Waals surface area (Å²) in [4.78, 5) is 0. The molecule has 3 rings (SSSR count). The first-order valence-electron chi connectivity index (χ1n) is 10.8. The van der Waals surface area contributed by atoms with Crippen molar-refractivity contribution in [2.45, 2.75) is 70.3 Å². The molecule has 160 valence electrons. The summed E-state index contributed by atoms with van der Waals surface area (Å²) in [6.07, 6.45) is 6.19. The Morgan fingerprint density at radius 2 is 1.73 bits per heavy atom. The summed E-state index contributed by atoms with van der Waals surface area (Å²) in [7, 11) is 0. The van der Waals surface area contributed by atoms with E-state index in [2.05, 4.69) is 6.92 Å². The molecular weight excluding hydrogens is 387 g/mol. The van der Waals surface area contributed by atoms with Gasteiger partial charge in [0.05, 0.1) is 11.1 Å². The summed E-state index contributed by atoms with van der Waals surface area (Å²) in [6.45, 7) is 2.22. The van der Waals surface area contributed by atoms with Gasteiger partial charge in [0, 0.05) is 6.07 Å². The van der Waals surface area contributed by atoms with Gasteiger partial charge in [-0.25, -0.2) is 4.39 Å². The lowest BCUT2D eigenvalue weighted by atomic mass is 9.77. The zero-order valence-electron chi connectivity index (χ0n) is 17.3. The summed E-state index contributed by atoms with van der Waals surface area (Å²) >= 11 is 0. The fourth-order valence-electron chi connectivity index (χ4n) is 4.27. The summed E-state index contributed by atoms with van der Waals surface area (Å²) < 4.78 is 47.4. The average Bonchev–Trinajstić information content (AvgIpc) is 2.74. The molecule has 1 saturated carbocycles. The Morgan fingerprint density at radius 1 is 1.03 bits per heavy atom. The van der Waals surface area contributed by atoms with E-state index in [-0.39, 0.29) is 16.9 Å². The maximum absolute atomic E-state index is 14.5. The zero-order valence-corrected chi connectivity index (χ0v) is 17.3. The number of nitriles is 1. The van der Waals surface area contributed by atoms with Crippen LogP contribution >= 0.6 is 0 Å². The van der Waals surface area contributed by atoms with Crippen molar-refractivity contribution in [1.29, 1.82) is 5.26 Å². The van der Waals surface area contributed by atoms with Crippen LogP contribution in [0, 0.1) is 23.1 Å². The van der Waals surface area contributed by atoms with E-state index in [9.17, 15) is 13.2 Å². The van der Waals surface area contributed by atoms with E-state index in [4.69, 9.17) is 10.00 Å². The number of unbranched alkanes of at least 4 members (excludes halogenated alkanes) is 2. The van der Waals surface area contributed by atoms with Crippen LogP contribution in [0.25, 0.3) is 0 Å². The topological polar surface area (TPSA) is 33.0 Å². The quantitative estimate of drug-likeness (QED) is 0.414. The van der Waals surface area contributed by atoms with Crippen molar-refractivity contribution in [3.8, 4) is 11.8 Å². The van der Waals surface area contributed by atoms with Crippen LogP contribution in [-0.2, 0) is 6.11 Å². The first-order chi connectivity index (χ1) is 14.4. The maximum atomic E-state index is 14.5. The van der Waals surface area contributed by atoms with Crippen molar-refractivity contribution in [1.82, 2.24) is 0 Å². The van der Waals surface area contributed by atoms with Gasteiger partial charge in [-0.2, -0.15) is 14.0 Å². The van der Waals surface area contributed by atoms with Crippen molar-refractivity contribution >= 4 is 0 Å². The van der Waals surface area contributed by atoms with Crippen LogP contribution in [0.1, 0.15) is 80.9 Å². The summed E-state index contributed by atoms with van der Waals surface area (Å²) in [6, 6.07) is 11.1. The number of hydrogen-bond donors (Lipinski definition) is 0. The third kappa shape index (κ3) is 5.56. The molecule has 0 bridgehead atoms. The molecule has 1 aliphatic rings. The standard InChI is InChI=1S/C25H28F3NO/c1-2-3-4-5-18-6-8-19(9-7-18)20-10-13-22(14-11-20)25(27,28)30-23-15-12-21(17-29)24(26)16-23/h10-16,18-19H,2-9H2,1H3. The Kier molecular flexibility index (Phi) is 7.42. The van der Waals surface area contributed by atoms with Crippen molar-refractivity contribution in [2.24, 2.45) is 5.92 Å². The van der Waals surface area contributed by atoms with Crippen molar-refractivity contribution in [3.05, 3.63) is 65.0 Å². The second kappa shape index (κ2) is 10.0. The van der Waals surface area contributed by atoms with Crippen LogP contribution in [0.3, 0.4) is 0 Å². The minimum atomic E-state index is -3.59. The Morgan fingerprint density at radius 3 is 2.33 bits per heavy atom. The number of ether oxygens (including phenoxy) is 1. The lowest BCUT2D eigenvalue weighted by molar-refractivity contribution is -0.185. The van der Waals surface area contributed by atoms with E-state index >= 15 is 0 Å². The highest BCUT2D eigenvalue weighted by atomic mass is 19.3. The minimum absolute atomic E-state index is 0.213. The third-order valence-corrected chi connectivity index (χ3v) is 6.09. The van der Waals surface area contributed by atoms with Crippen molar-refractivity contribution < 1.29 is 17.9 Å². The highest BCUT2D eigenvalue weighted by Crippen LogP contribution is 2.39.